The minimum Gasteiger partial charge on any atom is -0.336 e. The van der Waals surface area contributed by atoms with Gasteiger partial charge >= 0.3 is 0 Å². The fourth-order valence-corrected chi connectivity index (χ4v) is 3.18. The number of amides is 2. The van der Waals surface area contributed by atoms with Gasteiger partial charge < -0.3 is 14.7 Å². The van der Waals surface area contributed by atoms with Crippen molar-refractivity contribution in [2.75, 3.05) is 44.2 Å². The van der Waals surface area contributed by atoms with Gasteiger partial charge in [-0.2, -0.15) is 0 Å². The summed E-state index contributed by atoms with van der Waals surface area (Å²) >= 11 is 0. The molecule has 0 saturated carbocycles. The van der Waals surface area contributed by atoms with Crippen molar-refractivity contribution in [1.29, 1.82) is 0 Å². The van der Waals surface area contributed by atoms with E-state index in [1.54, 1.807) is 4.90 Å². The van der Waals surface area contributed by atoms with Gasteiger partial charge in [0.2, 0.25) is 5.91 Å². The van der Waals surface area contributed by atoms with Gasteiger partial charge in [-0.25, -0.2) is 0 Å². The van der Waals surface area contributed by atoms with Crippen molar-refractivity contribution in [3.05, 3.63) is 29.8 Å². The average molecular weight is 301 g/mol. The molecule has 2 aliphatic rings. The topological polar surface area (TPSA) is 43.9 Å². The van der Waals surface area contributed by atoms with Gasteiger partial charge in [0.1, 0.15) is 0 Å². The summed E-state index contributed by atoms with van der Waals surface area (Å²) < 4.78 is 0. The number of hydrogen-bond acceptors (Lipinski definition) is 3. The van der Waals surface area contributed by atoms with E-state index in [0.717, 1.165) is 51.4 Å². The predicted octanol–water partition coefficient (Wildman–Crippen LogP) is 1.59. The van der Waals surface area contributed by atoms with Crippen LogP contribution in [0.15, 0.2) is 24.3 Å². The lowest BCUT2D eigenvalue weighted by Crippen LogP contribution is -2.48. The second kappa shape index (κ2) is 6.48. The molecule has 3 rings (SSSR count). The van der Waals surface area contributed by atoms with Gasteiger partial charge in [-0.3, -0.25) is 9.59 Å². The summed E-state index contributed by atoms with van der Waals surface area (Å²) in [7, 11) is 0. The van der Waals surface area contributed by atoms with Crippen molar-refractivity contribution < 1.29 is 9.59 Å². The van der Waals surface area contributed by atoms with Gasteiger partial charge in [0.15, 0.2) is 0 Å². The SMILES string of the molecule is CCN1CCN(C(=O)c2cccc(N3CCCC3=O)c2)CC1. The van der Waals surface area contributed by atoms with Crippen molar-refractivity contribution >= 4 is 17.5 Å². The molecule has 1 aromatic rings. The van der Waals surface area contributed by atoms with Gasteiger partial charge in [-0.15, -0.1) is 0 Å². The number of piperazine rings is 1. The largest absolute Gasteiger partial charge is 0.336 e. The molecule has 2 heterocycles. The maximum absolute atomic E-state index is 12.6. The number of anilines is 1. The first-order chi connectivity index (χ1) is 10.7. The molecule has 2 fully saturated rings. The van der Waals surface area contributed by atoms with E-state index in [-0.39, 0.29) is 11.8 Å². The third kappa shape index (κ3) is 2.99. The highest BCUT2D eigenvalue weighted by Gasteiger charge is 2.24. The summed E-state index contributed by atoms with van der Waals surface area (Å²) in [5.41, 5.74) is 1.53. The Morgan fingerprint density at radius 1 is 1.14 bits per heavy atom. The maximum atomic E-state index is 12.6. The molecule has 0 aromatic heterocycles. The Balaban J connectivity index is 1.72. The zero-order chi connectivity index (χ0) is 15.5. The third-order valence-electron chi connectivity index (χ3n) is 4.58. The molecule has 2 saturated heterocycles. The number of likely N-dealkylation sites (N-methyl/N-ethyl adjacent to an activating group) is 1. The molecule has 0 aliphatic carbocycles. The van der Waals surface area contributed by atoms with Gasteiger partial charge in [-0.1, -0.05) is 13.0 Å². The molecule has 0 radical (unpaired) electrons. The normalized spacial score (nSPS) is 19.8. The number of rotatable bonds is 3. The molecule has 0 atom stereocenters. The molecular weight excluding hydrogens is 278 g/mol. The van der Waals surface area contributed by atoms with Crippen molar-refractivity contribution in [3.8, 4) is 0 Å². The van der Waals surface area contributed by atoms with Crippen LogP contribution in [0.5, 0.6) is 0 Å². The molecule has 118 valence electrons. The second-order valence-corrected chi connectivity index (χ2v) is 5.93. The van der Waals surface area contributed by atoms with E-state index in [9.17, 15) is 9.59 Å². The smallest absolute Gasteiger partial charge is 0.254 e. The van der Waals surface area contributed by atoms with Crippen LogP contribution >= 0.6 is 0 Å². The molecule has 5 nitrogen and oxygen atoms in total. The Kier molecular flexibility index (Phi) is 4.43. The van der Waals surface area contributed by atoms with Gasteiger partial charge in [0.05, 0.1) is 0 Å². The molecule has 22 heavy (non-hydrogen) atoms. The summed E-state index contributed by atoms with van der Waals surface area (Å²) in [4.78, 5) is 30.5. The predicted molar refractivity (Wildman–Crippen MR) is 86.0 cm³/mol. The fraction of sp³-hybridized carbons (Fsp3) is 0.529. The highest BCUT2D eigenvalue weighted by atomic mass is 16.2. The highest BCUT2D eigenvalue weighted by molar-refractivity contribution is 5.99. The van der Waals surface area contributed by atoms with Crippen LogP contribution in [0, 0.1) is 0 Å². The van der Waals surface area contributed by atoms with Crippen LogP contribution < -0.4 is 4.90 Å². The van der Waals surface area contributed by atoms with Crippen LogP contribution in [0.25, 0.3) is 0 Å². The van der Waals surface area contributed by atoms with Crippen molar-refractivity contribution in [2.24, 2.45) is 0 Å². The lowest BCUT2D eigenvalue weighted by molar-refractivity contribution is -0.117. The Bertz CT molecular complexity index is 565. The van der Waals surface area contributed by atoms with Crippen LogP contribution in [0.2, 0.25) is 0 Å². The summed E-state index contributed by atoms with van der Waals surface area (Å²) in [6.45, 7) is 7.37. The first-order valence-corrected chi connectivity index (χ1v) is 8.11. The van der Waals surface area contributed by atoms with Crippen LogP contribution in [0.4, 0.5) is 5.69 Å². The standard InChI is InChI=1S/C17H23N3O2/c1-2-18-9-11-19(12-10-18)17(22)14-5-3-6-15(13-14)20-8-4-7-16(20)21/h3,5-6,13H,2,4,7-12H2,1H3. The Hall–Kier alpha value is -1.88. The van der Waals surface area contributed by atoms with Crippen LogP contribution in [-0.4, -0.2) is 60.9 Å². The van der Waals surface area contributed by atoms with Crippen LogP contribution in [0.3, 0.4) is 0 Å². The fourth-order valence-electron chi connectivity index (χ4n) is 3.18. The molecule has 0 N–H and O–H groups in total. The van der Waals surface area contributed by atoms with E-state index >= 15 is 0 Å². The summed E-state index contributed by atoms with van der Waals surface area (Å²) in [5, 5.41) is 0. The molecule has 1 aromatic carbocycles. The van der Waals surface area contributed by atoms with E-state index in [1.165, 1.54) is 0 Å². The lowest BCUT2D eigenvalue weighted by Gasteiger charge is -2.34. The first-order valence-electron chi connectivity index (χ1n) is 8.11. The van der Waals surface area contributed by atoms with E-state index in [4.69, 9.17) is 0 Å². The van der Waals surface area contributed by atoms with Crippen molar-refractivity contribution in [1.82, 2.24) is 9.80 Å². The van der Waals surface area contributed by atoms with E-state index in [0.29, 0.717) is 12.0 Å². The number of carbonyl (C=O) groups is 2. The van der Waals surface area contributed by atoms with Crippen molar-refractivity contribution in [3.63, 3.8) is 0 Å². The van der Waals surface area contributed by atoms with E-state index in [1.807, 2.05) is 29.2 Å². The quantitative estimate of drug-likeness (QED) is 0.851. The van der Waals surface area contributed by atoms with Crippen LogP contribution in [-0.2, 0) is 4.79 Å². The molecule has 5 heteroatoms. The van der Waals surface area contributed by atoms with Crippen molar-refractivity contribution in [2.45, 2.75) is 19.8 Å². The molecule has 2 amide bonds. The third-order valence-corrected chi connectivity index (χ3v) is 4.58. The lowest BCUT2D eigenvalue weighted by atomic mass is 10.1. The van der Waals surface area contributed by atoms with Gasteiger partial charge in [-0.05, 0) is 31.2 Å². The molecule has 0 bridgehead atoms. The van der Waals surface area contributed by atoms with E-state index in [2.05, 4.69) is 11.8 Å². The zero-order valence-corrected chi connectivity index (χ0v) is 13.1. The minimum atomic E-state index is 0.0734. The first kappa shape index (κ1) is 15.0. The van der Waals surface area contributed by atoms with Gasteiger partial charge in [0.25, 0.3) is 5.91 Å². The minimum absolute atomic E-state index is 0.0734. The Morgan fingerprint density at radius 3 is 2.55 bits per heavy atom. The number of nitrogens with zero attached hydrogens (tertiary/aromatic N) is 3. The molecule has 0 unspecified atom stereocenters. The zero-order valence-electron chi connectivity index (χ0n) is 13.1. The number of benzene rings is 1. The summed E-state index contributed by atoms with van der Waals surface area (Å²) in [6.07, 6.45) is 1.51. The Labute approximate surface area is 131 Å². The second-order valence-electron chi connectivity index (χ2n) is 5.93. The monoisotopic (exact) mass is 301 g/mol. The molecular formula is C17H23N3O2. The molecule has 0 spiro atoms. The summed E-state index contributed by atoms with van der Waals surface area (Å²) in [5.74, 6) is 0.227. The van der Waals surface area contributed by atoms with Gasteiger partial charge in [0, 0.05) is 50.4 Å². The molecule has 2 aliphatic heterocycles. The number of hydrogen-bond donors (Lipinski definition) is 0. The van der Waals surface area contributed by atoms with E-state index < -0.39 is 0 Å². The van der Waals surface area contributed by atoms with Crippen LogP contribution in [0.1, 0.15) is 30.1 Å². The summed E-state index contributed by atoms with van der Waals surface area (Å²) in [6, 6.07) is 7.49. The maximum Gasteiger partial charge on any atom is 0.254 e. The average Bonchev–Trinajstić information content (AvgIpc) is 3.00. The highest BCUT2D eigenvalue weighted by Crippen LogP contribution is 2.23. The Morgan fingerprint density at radius 2 is 1.91 bits per heavy atom. The number of carbonyl (C=O) groups excluding carboxylic acids is 2.